The molecule has 0 spiro atoms. The van der Waals surface area contributed by atoms with Crippen molar-refractivity contribution in [2.75, 3.05) is 11.9 Å². The van der Waals surface area contributed by atoms with Crippen LogP contribution in [0.5, 0.6) is 0 Å². The van der Waals surface area contributed by atoms with Crippen molar-refractivity contribution in [2.24, 2.45) is 23.2 Å². The van der Waals surface area contributed by atoms with Gasteiger partial charge in [-0.05, 0) is 82.1 Å². The largest absolute Gasteiger partial charge is 0.330 e. The van der Waals surface area contributed by atoms with E-state index in [1.165, 1.54) is 19.3 Å². The van der Waals surface area contributed by atoms with Crippen molar-refractivity contribution in [3.8, 4) is 0 Å². The monoisotopic (exact) mass is 368 g/mol. The number of carbonyl (C=O) groups is 2. The van der Waals surface area contributed by atoms with Crippen LogP contribution in [0.15, 0.2) is 12.3 Å². The Kier molecular flexibility index (Phi) is 3.99. The summed E-state index contributed by atoms with van der Waals surface area (Å²) in [5.74, 6) is 2.40. The van der Waals surface area contributed by atoms with Gasteiger partial charge in [0.25, 0.3) is 0 Å². The number of hydrogen-bond donors (Lipinski definition) is 1. The maximum Gasteiger partial charge on any atom is 0.247 e. The summed E-state index contributed by atoms with van der Waals surface area (Å²) in [7, 11) is 0. The second-order valence-corrected chi connectivity index (χ2v) is 9.37. The van der Waals surface area contributed by atoms with Crippen LogP contribution < -0.4 is 5.32 Å². The Morgan fingerprint density at radius 2 is 1.81 bits per heavy atom. The van der Waals surface area contributed by atoms with E-state index < -0.39 is 0 Å². The quantitative estimate of drug-likeness (QED) is 0.890. The summed E-state index contributed by atoms with van der Waals surface area (Å²) in [6, 6.07) is 1.42. The van der Waals surface area contributed by atoms with Gasteiger partial charge in [-0.1, -0.05) is 0 Å². The molecule has 1 N–H and O–H groups in total. The minimum atomic E-state index is -0.349. The minimum Gasteiger partial charge on any atom is -0.330 e. The van der Waals surface area contributed by atoms with Crippen molar-refractivity contribution in [3.05, 3.63) is 18.0 Å². The molecule has 1 atom stereocenters. The molecule has 6 heteroatoms. The van der Waals surface area contributed by atoms with E-state index in [-0.39, 0.29) is 23.3 Å². The van der Waals surface area contributed by atoms with E-state index in [9.17, 15) is 9.59 Å². The first-order valence-electron chi connectivity index (χ1n) is 10.4. The van der Waals surface area contributed by atoms with Crippen LogP contribution in [-0.2, 0) is 9.59 Å². The molecule has 27 heavy (non-hydrogen) atoms. The number of nitrogens with one attached hydrogen (secondary N) is 1. The maximum atomic E-state index is 13.7. The second-order valence-electron chi connectivity index (χ2n) is 9.37. The lowest BCUT2D eigenvalue weighted by atomic mass is 9.49. The van der Waals surface area contributed by atoms with Gasteiger partial charge in [-0.2, -0.15) is 10.2 Å². The van der Waals surface area contributed by atoms with Crippen molar-refractivity contribution in [2.45, 2.75) is 64.3 Å². The fraction of sp³-hybridized carbons (Fsp3) is 0.714. The van der Waals surface area contributed by atoms with Crippen LogP contribution in [0.25, 0.3) is 0 Å². The molecule has 2 heterocycles. The summed E-state index contributed by atoms with van der Waals surface area (Å²) >= 11 is 0. The first-order chi connectivity index (χ1) is 13.0. The van der Waals surface area contributed by atoms with Crippen LogP contribution >= 0.6 is 0 Å². The zero-order valence-corrected chi connectivity index (χ0v) is 16.0. The molecule has 2 amide bonds. The summed E-state index contributed by atoms with van der Waals surface area (Å²) in [4.78, 5) is 28.5. The highest BCUT2D eigenvalue weighted by Crippen LogP contribution is 2.60. The SMILES string of the molecule is Cc1nnccc1NC(=O)C1CCCN1C(=O)C12CC3CC(CC(C3)C1)C2. The van der Waals surface area contributed by atoms with Crippen LogP contribution in [-0.4, -0.2) is 39.5 Å². The zero-order chi connectivity index (χ0) is 18.6. The number of hydrogen-bond acceptors (Lipinski definition) is 4. The third-order valence-electron chi connectivity index (χ3n) is 7.47. The predicted molar refractivity (Wildman–Crippen MR) is 101 cm³/mol. The minimum absolute atomic E-state index is 0.0818. The normalized spacial score (nSPS) is 36.9. The molecule has 0 radical (unpaired) electrons. The van der Waals surface area contributed by atoms with Gasteiger partial charge in [0, 0.05) is 6.54 Å². The lowest BCUT2D eigenvalue weighted by Gasteiger charge is -2.56. The van der Waals surface area contributed by atoms with Gasteiger partial charge in [-0.15, -0.1) is 0 Å². The summed E-state index contributed by atoms with van der Waals surface area (Å²) in [6.45, 7) is 2.54. The van der Waals surface area contributed by atoms with Crippen molar-refractivity contribution >= 4 is 17.5 Å². The molecule has 144 valence electrons. The number of aromatic nitrogens is 2. The van der Waals surface area contributed by atoms with E-state index >= 15 is 0 Å². The Morgan fingerprint density at radius 3 is 2.44 bits per heavy atom. The van der Waals surface area contributed by atoms with Crippen molar-refractivity contribution in [1.29, 1.82) is 0 Å². The molecule has 1 unspecified atom stereocenters. The Labute approximate surface area is 160 Å². The number of nitrogens with zero attached hydrogens (tertiary/aromatic N) is 3. The number of amides is 2. The van der Waals surface area contributed by atoms with Gasteiger partial charge in [0.05, 0.1) is 23.0 Å². The zero-order valence-electron chi connectivity index (χ0n) is 16.0. The molecular formula is C21H28N4O2. The predicted octanol–water partition coefficient (Wildman–Crippen LogP) is 2.93. The van der Waals surface area contributed by atoms with E-state index in [0.717, 1.165) is 49.9 Å². The van der Waals surface area contributed by atoms with E-state index in [1.807, 2.05) is 11.8 Å². The van der Waals surface area contributed by atoms with Gasteiger partial charge in [-0.25, -0.2) is 0 Å². The molecule has 6 rings (SSSR count). The van der Waals surface area contributed by atoms with Gasteiger partial charge < -0.3 is 10.2 Å². The molecule has 4 bridgehead atoms. The standard InChI is InChI=1S/C21H28N4O2/c1-13-17(4-5-22-24-13)23-19(26)18-3-2-6-25(18)20(27)21-10-14-7-15(11-21)9-16(8-14)12-21/h4-5,14-16,18H,2-3,6-12H2,1H3,(H,22,23,26). The molecule has 4 aliphatic carbocycles. The smallest absolute Gasteiger partial charge is 0.247 e. The highest BCUT2D eigenvalue weighted by atomic mass is 16.2. The summed E-state index contributed by atoms with van der Waals surface area (Å²) in [5, 5.41) is 10.8. The average molecular weight is 368 g/mol. The third-order valence-corrected chi connectivity index (χ3v) is 7.47. The Morgan fingerprint density at radius 1 is 1.15 bits per heavy atom. The van der Waals surface area contributed by atoms with Crippen LogP contribution in [0, 0.1) is 30.1 Å². The topological polar surface area (TPSA) is 75.2 Å². The molecule has 1 aromatic heterocycles. The molecule has 1 saturated heterocycles. The molecule has 5 fully saturated rings. The van der Waals surface area contributed by atoms with Crippen molar-refractivity contribution in [1.82, 2.24) is 15.1 Å². The first kappa shape index (κ1) is 17.1. The number of rotatable bonds is 3. The lowest BCUT2D eigenvalue weighted by molar-refractivity contribution is -0.160. The van der Waals surface area contributed by atoms with E-state index in [1.54, 1.807) is 12.3 Å². The number of carbonyl (C=O) groups excluding carboxylic acids is 2. The van der Waals surface area contributed by atoms with Gasteiger partial charge in [-0.3, -0.25) is 9.59 Å². The average Bonchev–Trinajstić information content (AvgIpc) is 3.11. The summed E-state index contributed by atoms with van der Waals surface area (Å²) in [5.41, 5.74) is 1.21. The van der Waals surface area contributed by atoms with Gasteiger partial charge in [0.1, 0.15) is 6.04 Å². The summed E-state index contributed by atoms with van der Waals surface area (Å²) in [6.07, 6.45) is 10.4. The van der Waals surface area contributed by atoms with Gasteiger partial charge in [0.15, 0.2) is 0 Å². The molecule has 1 aliphatic heterocycles. The summed E-state index contributed by atoms with van der Waals surface area (Å²) < 4.78 is 0. The fourth-order valence-electron chi connectivity index (χ4n) is 6.71. The van der Waals surface area contributed by atoms with Crippen molar-refractivity contribution in [3.63, 3.8) is 0 Å². The number of aryl methyl sites for hydroxylation is 1. The van der Waals surface area contributed by atoms with E-state index in [2.05, 4.69) is 15.5 Å². The molecule has 1 aromatic rings. The first-order valence-corrected chi connectivity index (χ1v) is 10.4. The molecule has 5 aliphatic rings. The van der Waals surface area contributed by atoms with Crippen LogP contribution in [0.4, 0.5) is 5.69 Å². The van der Waals surface area contributed by atoms with E-state index in [0.29, 0.717) is 17.9 Å². The maximum absolute atomic E-state index is 13.7. The third kappa shape index (κ3) is 2.84. The molecule has 4 saturated carbocycles. The Balaban J connectivity index is 1.34. The van der Waals surface area contributed by atoms with Crippen LogP contribution in [0.2, 0.25) is 0 Å². The Bertz CT molecular complexity index is 742. The number of likely N-dealkylation sites (tertiary alicyclic amines) is 1. The molecule has 6 nitrogen and oxygen atoms in total. The Hall–Kier alpha value is -1.98. The van der Waals surface area contributed by atoms with Crippen LogP contribution in [0.3, 0.4) is 0 Å². The fourth-order valence-corrected chi connectivity index (χ4v) is 6.71. The highest BCUT2D eigenvalue weighted by molar-refractivity contribution is 5.98. The van der Waals surface area contributed by atoms with Crippen molar-refractivity contribution < 1.29 is 9.59 Å². The van der Waals surface area contributed by atoms with E-state index in [4.69, 9.17) is 0 Å². The molecular weight excluding hydrogens is 340 g/mol. The van der Waals surface area contributed by atoms with Crippen LogP contribution in [0.1, 0.15) is 57.1 Å². The highest BCUT2D eigenvalue weighted by Gasteiger charge is 2.56. The number of anilines is 1. The molecule has 0 aromatic carbocycles. The van der Waals surface area contributed by atoms with Gasteiger partial charge in [0.2, 0.25) is 11.8 Å². The van der Waals surface area contributed by atoms with Gasteiger partial charge >= 0.3 is 0 Å². The lowest BCUT2D eigenvalue weighted by Crippen LogP contribution is -2.56. The second kappa shape index (κ2) is 6.28.